The summed E-state index contributed by atoms with van der Waals surface area (Å²) < 4.78 is 1.84. The molecule has 1 unspecified atom stereocenters. The third-order valence-electron chi connectivity index (χ3n) is 5.51. The average Bonchev–Trinajstić information content (AvgIpc) is 3.17. The van der Waals surface area contributed by atoms with Gasteiger partial charge in [0.1, 0.15) is 0 Å². The molecule has 0 saturated carbocycles. The van der Waals surface area contributed by atoms with Crippen LogP contribution in [-0.2, 0) is 6.54 Å². The molecule has 2 saturated heterocycles. The van der Waals surface area contributed by atoms with E-state index in [1.54, 1.807) is 0 Å². The molecule has 6 nitrogen and oxygen atoms in total. The van der Waals surface area contributed by atoms with Crippen LogP contribution in [0.5, 0.6) is 0 Å². The zero-order valence-electron chi connectivity index (χ0n) is 14.2. The Balaban J connectivity index is 1.37. The lowest BCUT2D eigenvalue weighted by Gasteiger charge is -2.38. The van der Waals surface area contributed by atoms with Gasteiger partial charge in [-0.15, -0.1) is 0 Å². The second-order valence-corrected chi connectivity index (χ2v) is 7.37. The number of amides is 2. The van der Waals surface area contributed by atoms with Gasteiger partial charge in [0.25, 0.3) is 0 Å². The van der Waals surface area contributed by atoms with Gasteiger partial charge in [-0.3, -0.25) is 0 Å². The molecule has 1 atom stereocenters. The predicted molar refractivity (Wildman–Crippen MR) is 92.8 cm³/mol. The van der Waals surface area contributed by atoms with Crippen LogP contribution in [0.1, 0.15) is 24.8 Å². The Morgan fingerprint density at radius 1 is 1.29 bits per heavy atom. The highest BCUT2D eigenvalue weighted by molar-refractivity contribution is 5.75. The minimum atomic E-state index is 0.0513. The van der Waals surface area contributed by atoms with E-state index >= 15 is 0 Å². The summed E-state index contributed by atoms with van der Waals surface area (Å²) in [6.45, 7) is 4.58. The number of fused-ring (bicyclic) bond motifs is 1. The maximum absolute atomic E-state index is 12.6. The normalized spacial score (nSPS) is 24.8. The summed E-state index contributed by atoms with van der Waals surface area (Å²) in [4.78, 5) is 17.0. The Kier molecular flexibility index (Phi) is 3.92. The van der Waals surface area contributed by atoms with E-state index in [2.05, 4.69) is 22.4 Å². The van der Waals surface area contributed by atoms with Gasteiger partial charge in [0.2, 0.25) is 0 Å². The van der Waals surface area contributed by atoms with Crippen LogP contribution in [0.4, 0.5) is 4.79 Å². The van der Waals surface area contributed by atoms with E-state index in [0.29, 0.717) is 12.0 Å². The molecule has 0 bridgehead atoms. The molecule has 24 heavy (non-hydrogen) atoms. The molecule has 6 heteroatoms. The van der Waals surface area contributed by atoms with Crippen molar-refractivity contribution in [1.82, 2.24) is 24.7 Å². The van der Waals surface area contributed by atoms with Crippen molar-refractivity contribution in [2.75, 3.05) is 33.2 Å². The molecule has 2 aliphatic heterocycles. The van der Waals surface area contributed by atoms with E-state index in [1.165, 1.54) is 19.4 Å². The molecule has 0 aliphatic carbocycles. The van der Waals surface area contributed by atoms with Gasteiger partial charge in [0, 0.05) is 43.4 Å². The number of nitrogens with zero attached hydrogens (tertiary/aromatic N) is 4. The van der Waals surface area contributed by atoms with Gasteiger partial charge in [0.15, 0.2) is 0 Å². The molecule has 4 heterocycles. The van der Waals surface area contributed by atoms with E-state index in [4.69, 9.17) is 0 Å². The van der Waals surface area contributed by atoms with Crippen molar-refractivity contribution < 1.29 is 4.79 Å². The number of nitrogens with one attached hydrogen (secondary N) is 1. The number of likely N-dealkylation sites (tertiary alicyclic amines) is 2. The Hall–Kier alpha value is -2.08. The van der Waals surface area contributed by atoms with E-state index in [0.717, 1.165) is 37.1 Å². The Bertz CT molecular complexity index is 742. The largest absolute Gasteiger partial charge is 0.334 e. The lowest BCUT2D eigenvalue weighted by molar-refractivity contribution is 0.115. The van der Waals surface area contributed by atoms with Crippen LogP contribution in [0.2, 0.25) is 0 Å². The highest BCUT2D eigenvalue weighted by Crippen LogP contribution is 2.38. The fourth-order valence-corrected chi connectivity index (χ4v) is 4.30. The lowest BCUT2D eigenvalue weighted by atomic mass is 9.79. The minimum Gasteiger partial charge on any atom is -0.334 e. The van der Waals surface area contributed by atoms with Gasteiger partial charge in [-0.2, -0.15) is 5.10 Å². The zero-order chi connectivity index (χ0) is 16.6. The van der Waals surface area contributed by atoms with Crippen molar-refractivity contribution >= 4 is 11.5 Å². The number of hydrogen-bond acceptors (Lipinski definition) is 3. The summed E-state index contributed by atoms with van der Waals surface area (Å²) in [5.41, 5.74) is 2.41. The van der Waals surface area contributed by atoms with Gasteiger partial charge in [-0.1, -0.05) is 6.07 Å². The van der Waals surface area contributed by atoms with Gasteiger partial charge < -0.3 is 15.1 Å². The van der Waals surface area contributed by atoms with Crippen molar-refractivity contribution in [3.05, 3.63) is 36.2 Å². The first kappa shape index (κ1) is 15.4. The first-order chi connectivity index (χ1) is 11.7. The fourth-order valence-electron chi connectivity index (χ4n) is 4.30. The number of pyridine rings is 1. The standard InChI is InChI=1S/C18H25N5O/c1-21-8-4-6-18(13-21)7-10-22(14-18)17(24)19-11-15-12-20-23-9-3-2-5-16(15)23/h2-3,5,9,12H,4,6-8,10-11,13-14H2,1H3,(H,19,24). The van der Waals surface area contributed by atoms with Crippen LogP contribution in [0.25, 0.3) is 5.52 Å². The van der Waals surface area contributed by atoms with Crippen LogP contribution in [0.3, 0.4) is 0 Å². The molecule has 2 aliphatic rings. The smallest absolute Gasteiger partial charge is 0.317 e. The SMILES string of the molecule is CN1CCCC2(CCN(C(=O)NCc3cnn4ccccc34)C2)C1. The summed E-state index contributed by atoms with van der Waals surface area (Å²) in [6.07, 6.45) is 7.37. The van der Waals surface area contributed by atoms with E-state index in [1.807, 2.05) is 40.0 Å². The first-order valence-electron chi connectivity index (χ1n) is 8.78. The van der Waals surface area contributed by atoms with E-state index in [9.17, 15) is 4.79 Å². The summed E-state index contributed by atoms with van der Waals surface area (Å²) >= 11 is 0. The lowest BCUT2D eigenvalue weighted by Crippen LogP contribution is -2.45. The quantitative estimate of drug-likeness (QED) is 0.917. The van der Waals surface area contributed by atoms with Gasteiger partial charge in [-0.05, 0) is 45.0 Å². The van der Waals surface area contributed by atoms with Crippen LogP contribution < -0.4 is 5.32 Å². The van der Waals surface area contributed by atoms with Crippen LogP contribution in [0.15, 0.2) is 30.6 Å². The summed E-state index contributed by atoms with van der Waals surface area (Å²) in [5, 5.41) is 7.39. The molecule has 128 valence electrons. The highest BCUT2D eigenvalue weighted by Gasteiger charge is 2.41. The molecule has 1 spiro atoms. The average molecular weight is 327 g/mol. The van der Waals surface area contributed by atoms with Gasteiger partial charge in [-0.25, -0.2) is 9.31 Å². The molecular weight excluding hydrogens is 302 g/mol. The van der Waals surface area contributed by atoms with Crippen LogP contribution in [0, 0.1) is 5.41 Å². The topological polar surface area (TPSA) is 52.9 Å². The van der Waals surface area contributed by atoms with Crippen molar-refractivity contribution in [3.8, 4) is 0 Å². The summed E-state index contributed by atoms with van der Waals surface area (Å²) in [5.74, 6) is 0. The van der Waals surface area contributed by atoms with E-state index < -0.39 is 0 Å². The number of urea groups is 1. The molecule has 0 radical (unpaired) electrons. The molecule has 2 fully saturated rings. The predicted octanol–water partition coefficient (Wildman–Crippen LogP) is 1.96. The van der Waals surface area contributed by atoms with Crippen LogP contribution in [-0.4, -0.2) is 58.7 Å². The zero-order valence-corrected chi connectivity index (χ0v) is 14.2. The maximum atomic E-state index is 12.6. The Morgan fingerprint density at radius 2 is 2.21 bits per heavy atom. The van der Waals surface area contributed by atoms with Crippen molar-refractivity contribution in [2.24, 2.45) is 5.41 Å². The number of hydrogen-bond donors (Lipinski definition) is 1. The van der Waals surface area contributed by atoms with Gasteiger partial charge in [0.05, 0.1) is 11.7 Å². The third-order valence-corrected chi connectivity index (χ3v) is 5.51. The third kappa shape index (κ3) is 2.86. The number of carbonyl (C=O) groups excluding carboxylic acids is 1. The van der Waals surface area contributed by atoms with Crippen molar-refractivity contribution in [3.63, 3.8) is 0 Å². The number of carbonyl (C=O) groups is 1. The fraction of sp³-hybridized carbons (Fsp3) is 0.556. The van der Waals surface area contributed by atoms with Crippen LogP contribution >= 0.6 is 0 Å². The minimum absolute atomic E-state index is 0.0513. The molecule has 0 aromatic carbocycles. The number of aromatic nitrogens is 2. The van der Waals surface area contributed by atoms with Crippen molar-refractivity contribution in [1.29, 1.82) is 0 Å². The Morgan fingerprint density at radius 3 is 3.08 bits per heavy atom. The number of rotatable bonds is 2. The molecule has 2 aromatic rings. The molecular formula is C18H25N5O. The molecule has 2 amide bonds. The first-order valence-corrected chi connectivity index (χ1v) is 8.78. The summed E-state index contributed by atoms with van der Waals surface area (Å²) in [7, 11) is 2.19. The number of piperidine rings is 1. The molecule has 1 N–H and O–H groups in total. The highest BCUT2D eigenvalue weighted by atomic mass is 16.2. The van der Waals surface area contributed by atoms with Gasteiger partial charge >= 0.3 is 6.03 Å². The molecule has 4 rings (SSSR count). The second-order valence-electron chi connectivity index (χ2n) is 7.37. The second kappa shape index (κ2) is 6.09. The Labute approximate surface area is 142 Å². The van der Waals surface area contributed by atoms with E-state index in [-0.39, 0.29) is 6.03 Å². The maximum Gasteiger partial charge on any atom is 0.317 e. The summed E-state index contributed by atoms with van der Waals surface area (Å²) in [6, 6.07) is 6.02. The molecule has 2 aromatic heterocycles. The van der Waals surface area contributed by atoms with Crippen molar-refractivity contribution in [2.45, 2.75) is 25.8 Å². The monoisotopic (exact) mass is 327 g/mol.